The van der Waals surface area contributed by atoms with E-state index in [9.17, 15) is 14.4 Å². The van der Waals surface area contributed by atoms with Crippen molar-refractivity contribution in [2.24, 2.45) is 0 Å². The fourth-order valence-corrected chi connectivity index (χ4v) is 4.94. The molecule has 0 saturated heterocycles. The van der Waals surface area contributed by atoms with Crippen LogP contribution in [0.1, 0.15) is 53.0 Å². The average Bonchev–Trinajstić information content (AvgIpc) is 3.28. The smallest absolute Gasteiger partial charge is 0.271 e. The molecule has 174 valence electrons. The molecule has 0 unspecified atom stereocenters. The van der Waals surface area contributed by atoms with Crippen LogP contribution in [0, 0.1) is 0 Å². The van der Waals surface area contributed by atoms with Crippen molar-refractivity contribution in [3.05, 3.63) is 76.2 Å². The van der Waals surface area contributed by atoms with Gasteiger partial charge in [0.15, 0.2) is 11.5 Å². The van der Waals surface area contributed by atoms with Crippen LogP contribution in [-0.2, 0) is 6.54 Å². The lowest BCUT2D eigenvalue weighted by atomic mass is 9.95. The first-order chi connectivity index (χ1) is 16.6. The number of hydrogen-bond donors (Lipinski definition) is 2. The Morgan fingerprint density at radius 3 is 2.47 bits per heavy atom. The Hall–Kier alpha value is -3.87. The van der Waals surface area contributed by atoms with E-state index in [1.165, 1.54) is 18.1 Å². The van der Waals surface area contributed by atoms with Crippen molar-refractivity contribution in [1.29, 1.82) is 0 Å². The van der Waals surface area contributed by atoms with Gasteiger partial charge in [0.05, 0.1) is 24.7 Å². The largest absolute Gasteiger partial charge is 0.493 e. The van der Waals surface area contributed by atoms with Gasteiger partial charge in [0.1, 0.15) is 11.1 Å². The van der Waals surface area contributed by atoms with Crippen LogP contribution >= 0.6 is 0 Å². The van der Waals surface area contributed by atoms with Crippen LogP contribution < -0.4 is 15.6 Å². The number of H-pyrrole nitrogens is 1. The highest BCUT2D eigenvalue weighted by Gasteiger charge is 2.26. The molecule has 1 saturated carbocycles. The maximum Gasteiger partial charge on any atom is 0.271 e. The number of fused-ring (bicyclic) bond motifs is 3. The molecule has 2 N–H and O–H groups in total. The van der Waals surface area contributed by atoms with Crippen LogP contribution in [0.25, 0.3) is 21.8 Å². The Kier molecular flexibility index (Phi) is 5.92. The van der Waals surface area contributed by atoms with Gasteiger partial charge in [-0.05, 0) is 18.9 Å². The van der Waals surface area contributed by atoms with Gasteiger partial charge < -0.3 is 15.0 Å². The molecule has 7 heteroatoms. The van der Waals surface area contributed by atoms with E-state index < -0.39 is 0 Å². The molecule has 1 aliphatic rings. The first-order valence-electron chi connectivity index (χ1n) is 11.7. The van der Waals surface area contributed by atoms with Gasteiger partial charge in [-0.25, -0.2) is 0 Å². The predicted molar refractivity (Wildman–Crippen MR) is 132 cm³/mol. The average molecular weight is 458 g/mol. The summed E-state index contributed by atoms with van der Waals surface area (Å²) in [6.07, 6.45) is 5.28. The highest BCUT2D eigenvalue weighted by Crippen LogP contribution is 2.32. The third-order valence-corrected chi connectivity index (χ3v) is 6.65. The monoisotopic (exact) mass is 457 g/mol. The standard InChI is InChI=1S/C27H27N3O4/c1-34-25-22-23(29-24(25)26(32)28-18-12-6-3-7-13-18)19-14-8-9-15-20(19)30(27(22)33)16-21(31)17-10-4-2-5-11-17/h2,4-5,8-11,14-15,18,29H,3,6-7,12-13,16H2,1H3,(H,28,32). The zero-order chi connectivity index (χ0) is 23.7. The number of hydrogen-bond acceptors (Lipinski definition) is 4. The number of carbonyl (C=O) groups is 2. The molecular formula is C27H27N3O4. The predicted octanol–water partition coefficient (Wildman–Crippen LogP) is 4.44. The van der Waals surface area contributed by atoms with E-state index in [0.717, 1.165) is 31.1 Å². The van der Waals surface area contributed by atoms with Crippen molar-refractivity contribution in [2.75, 3.05) is 7.11 Å². The van der Waals surface area contributed by atoms with Crippen LogP contribution in [0.3, 0.4) is 0 Å². The minimum Gasteiger partial charge on any atom is -0.493 e. The number of rotatable bonds is 6. The van der Waals surface area contributed by atoms with E-state index in [1.54, 1.807) is 24.3 Å². The molecule has 0 radical (unpaired) electrons. The molecule has 1 aliphatic carbocycles. The highest BCUT2D eigenvalue weighted by molar-refractivity contribution is 6.11. The summed E-state index contributed by atoms with van der Waals surface area (Å²) in [6.45, 7) is -0.114. The minimum absolute atomic E-state index is 0.114. The van der Waals surface area contributed by atoms with Crippen molar-refractivity contribution in [2.45, 2.75) is 44.7 Å². The number of benzene rings is 2. The number of para-hydroxylation sites is 1. The fourth-order valence-electron chi connectivity index (χ4n) is 4.94. The van der Waals surface area contributed by atoms with Gasteiger partial charge in [0, 0.05) is 17.0 Å². The fraction of sp³-hybridized carbons (Fsp3) is 0.296. The second-order valence-electron chi connectivity index (χ2n) is 8.79. The van der Waals surface area contributed by atoms with Crippen molar-refractivity contribution in [3.8, 4) is 5.75 Å². The lowest BCUT2D eigenvalue weighted by Crippen LogP contribution is -2.36. The number of amides is 1. The summed E-state index contributed by atoms with van der Waals surface area (Å²) in [5.41, 5.74) is 1.55. The normalized spacial score (nSPS) is 14.4. The molecule has 2 aromatic heterocycles. The van der Waals surface area contributed by atoms with Gasteiger partial charge in [-0.1, -0.05) is 67.8 Å². The number of methoxy groups -OCH3 is 1. The molecule has 2 heterocycles. The van der Waals surface area contributed by atoms with E-state index in [0.29, 0.717) is 16.6 Å². The quantitative estimate of drug-likeness (QED) is 0.419. The number of nitrogens with one attached hydrogen (secondary N) is 2. The van der Waals surface area contributed by atoms with E-state index in [2.05, 4.69) is 10.3 Å². The third kappa shape index (κ3) is 3.87. The van der Waals surface area contributed by atoms with Gasteiger partial charge >= 0.3 is 0 Å². The number of aromatic nitrogens is 2. The van der Waals surface area contributed by atoms with Crippen molar-refractivity contribution >= 4 is 33.5 Å². The van der Waals surface area contributed by atoms with E-state index in [1.807, 2.05) is 30.3 Å². The second-order valence-corrected chi connectivity index (χ2v) is 8.79. The number of Topliss-reactive ketones (excluding diaryl/α,β-unsaturated/α-hetero) is 1. The molecule has 0 bridgehead atoms. The number of pyridine rings is 1. The molecule has 7 nitrogen and oxygen atoms in total. The molecule has 2 aromatic carbocycles. The second kappa shape index (κ2) is 9.17. The van der Waals surface area contributed by atoms with Gasteiger partial charge in [0.2, 0.25) is 0 Å². The Morgan fingerprint density at radius 2 is 1.74 bits per heavy atom. The first kappa shape index (κ1) is 21.9. The topological polar surface area (TPSA) is 93.2 Å². The summed E-state index contributed by atoms with van der Waals surface area (Å²) in [7, 11) is 1.45. The highest BCUT2D eigenvalue weighted by atomic mass is 16.5. The van der Waals surface area contributed by atoms with Crippen molar-refractivity contribution in [1.82, 2.24) is 14.9 Å². The van der Waals surface area contributed by atoms with Crippen LogP contribution in [0.4, 0.5) is 0 Å². The van der Waals surface area contributed by atoms with Gasteiger partial charge in [-0.3, -0.25) is 19.0 Å². The number of aromatic amines is 1. The first-order valence-corrected chi connectivity index (χ1v) is 11.7. The zero-order valence-electron chi connectivity index (χ0n) is 19.1. The van der Waals surface area contributed by atoms with Crippen LogP contribution in [-0.4, -0.2) is 34.4 Å². The summed E-state index contributed by atoms with van der Waals surface area (Å²) in [6, 6.07) is 16.4. The number of nitrogens with zero attached hydrogens (tertiary/aromatic N) is 1. The SMILES string of the molecule is COc1c(C(=O)NC2CCCCC2)[nH]c2c1c(=O)n(CC(=O)c1ccccc1)c1ccccc21. The van der Waals surface area contributed by atoms with Crippen LogP contribution in [0.5, 0.6) is 5.75 Å². The molecule has 0 aliphatic heterocycles. The number of carbonyl (C=O) groups excluding carboxylic acids is 2. The minimum atomic E-state index is -0.372. The zero-order valence-corrected chi connectivity index (χ0v) is 19.1. The number of ketones is 1. The summed E-state index contributed by atoms with van der Waals surface area (Å²) in [5.74, 6) is -0.243. The molecule has 0 atom stereocenters. The lowest BCUT2D eigenvalue weighted by Gasteiger charge is -2.22. The summed E-state index contributed by atoms with van der Waals surface area (Å²) in [4.78, 5) is 43.0. The molecule has 5 rings (SSSR count). The van der Waals surface area contributed by atoms with E-state index >= 15 is 0 Å². The Labute approximate surface area is 196 Å². The van der Waals surface area contributed by atoms with E-state index in [4.69, 9.17) is 4.74 Å². The molecule has 4 aromatic rings. The Bertz CT molecular complexity index is 1430. The van der Waals surface area contributed by atoms with Crippen molar-refractivity contribution in [3.63, 3.8) is 0 Å². The lowest BCUT2D eigenvalue weighted by molar-refractivity contribution is 0.0919. The summed E-state index contributed by atoms with van der Waals surface area (Å²) < 4.78 is 7.06. The Balaban J connectivity index is 1.64. The maximum atomic E-state index is 13.7. The summed E-state index contributed by atoms with van der Waals surface area (Å²) in [5, 5.41) is 4.11. The molecule has 1 amide bonds. The van der Waals surface area contributed by atoms with Crippen LogP contribution in [0.2, 0.25) is 0 Å². The molecular weight excluding hydrogens is 430 g/mol. The Morgan fingerprint density at radius 1 is 1.03 bits per heavy atom. The van der Waals surface area contributed by atoms with Crippen molar-refractivity contribution < 1.29 is 14.3 Å². The van der Waals surface area contributed by atoms with Crippen LogP contribution in [0.15, 0.2) is 59.4 Å². The molecule has 0 spiro atoms. The summed E-state index contributed by atoms with van der Waals surface area (Å²) >= 11 is 0. The maximum absolute atomic E-state index is 13.7. The van der Waals surface area contributed by atoms with Gasteiger partial charge in [-0.15, -0.1) is 0 Å². The molecule has 1 fully saturated rings. The van der Waals surface area contributed by atoms with Gasteiger partial charge in [0.25, 0.3) is 11.5 Å². The molecule has 34 heavy (non-hydrogen) atoms. The van der Waals surface area contributed by atoms with Gasteiger partial charge in [-0.2, -0.15) is 0 Å². The van der Waals surface area contributed by atoms with E-state index in [-0.39, 0.29) is 46.7 Å². The third-order valence-electron chi connectivity index (χ3n) is 6.65. The number of ether oxygens (including phenoxy) is 1.